The van der Waals surface area contributed by atoms with Crippen LogP contribution in [-0.2, 0) is 0 Å². The third-order valence-corrected chi connectivity index (χ3v) is 5.16. The molecule has 0 saturated heterocycles. The molecule has 5 heteroatoms. The van der Waals surface area contributed by atoms with E-state index in [2.05, 4.69) is 22.5 Å². The van der Waals surface area contributed by atoms with Gasteiger partial charge in [0.2, 0.25) is 5.78 Å². The normalized spacial score (nSPS) is 14.6. The first-order valence-corrected chi connectivity index (χ1v) is 8.89. The lowest BCUT2D eigenvalue weighted by molar-refractivity contribution is 0.104. The third-order valence-electron chi connectivity index (χ3n) is 3.47. The van der Waals surface area contributed by atoms with Gasteiger partial charge in [-0.15, -0.1) is 0 Å². The fourth-order valence-corrected chi connectivity index (χ4v) is 4.02. The van der Waals surface area contributed by atoms with Gasteiger partial charge >= 0.3 is 0 Å². The van der Waals surface area contributed by atoms with Crippen LogP contribution in [0.25, 0.3) is 6.08 Å². The fourth-order valence-electron chi connectivity index (χ4n) is 2.39. The topological polar surface area (TPSA) is 35.5 Å². The predicted molar refractivity (Wildman–Crippen MR) is 101 cm³/mol. The van der Waals surface area contributed by atoms with Crippen molar-refractivity contribution in [3.63, 3.8) is 0 Å². The maximum atomic E-state index is 12.5. The molecule has 3 nitrogen and oxygen atoms in total. The highest BCUT2D eigenvalue weighted by Crippen LogP contribution is 2.42. The molecule has 3 rings (SSSR count). The van der Waals surface area contributed by atoms with E-state index in [-0.39, 0.29) is 5.78 Å². The molecule has 0 amide bonds. The van der Waals surface area contributed by atoms with Crippen molar-refractivity contribution in [2.45, 2.75) is 4.90 Å². The molecule has 1 aliphatic rings. The number of halogens is 1. The van der Waals surface area contributed by atoms with Gasteiger partial charge in [0.15, 0.2) is 11.5 Å². The molecule has 0 radical (unpaired) electrons. The fraction of sp³-hybridized carbons (Fsp3) is 0.105. The van der Waals surface area contributed by atoms with E-state index < -0.39 is 0 Å². The molecule has 1 aliphatic heterocycles. The molecule has 0 unspecified atom stereocenters. The van der Waals surface area contributed by atoms with Gasteiger partial charge in [-0.3, -0.25) is 4.79 Å². The smallest absolute Gasteiger partial charge is 0.200 e. The third kappa shape index (κ3) is 3.28. The summed E-state index contributed by atoms with van der Waals surface area (Å²) in [6.07, 6.45) is 3.55. The summed E-state index contributed by atoms with van der Waals surface area (Å²) < 4.78 is 11.8. The van der Waals surface area contributed by atoms with E-state index in [0.717, 1.165) is 20.5 Å². The Balaban J connectivity index is 1.95. The van der Waals surface area contributed by atoms with Gasteiger partial charge in [-0.25, -0.2) is 0 Å². The Bertz CT molecular complexity index is 843. The molecular formula is C19H15BrO3S. The quantitative estimate of drug-likeness (QED) is 0.498. The van der Waals surface area contributed by atoms with Gasteiger partial charge in [0.05, 0.1) is 16.5 Å². The lowest BCUT2D eigenvalue weighted by Crippen LogP contribution is -1.98. The average Bonchev–Trinajstić information content (AvgIpc) is 2.90. The molecule has 24 heavy (non-hydrogen) atoms. The second kappa shape index (κ2) is 7.28. The number of hydrogen-bond donors (Lipinski definition) is 0. The minimum absolute atomic E-state index is 0.0534. The van der Waals surface area contributed by atoms with Crippen molar-refractivity contribution in [2.75, 3.05) is 13.7 Å². The number of hydrogen-bond acceptors (Lipinski definition) is 4. The first kappa shape index (κ1) is 16.9. The van der Waals surface area contributed by atoms with Crippen molar-refractivity contribution < 1.29 is 14.3 Å². The molecule has 0 aromatic heterocycles. The minimum atomic E-state index is 0.0534. The second-order valence-electron chi connectivity index (χ2n) is 5.07. The summed E-state index contributed by atoms with van der Waals surface area (Å²) in [6.45, 7) is 4.03. The molecule has 0 saturated carbocycles. The first-order valence-electron chi connectivity index (χ1n) is 7.28. The van der Waals surface area contributed by atoms with E-state index in [0.29, 0.717) is 23.0 Å². The van der Waals surface area contributed by atoms with Gasteiger partial charge in [0.25, 0.3) is 0 Å². The Hall–Kier alpha value is -1.98. The molecule has 0 bridgehead atoms. The van der Waals surface area contributed by atoms with Gasteiger partial charge in [-0.05, 0) is 51.8 Å². The number of ketones is 1. The molecule has 122 valence electrons. The number of rotatable bonds is 5. The van der Waals surface area contributed by atoms with Crippen molar-refractivity contribution in [3.8, 4) is 11.5 Å². The van der Waals surface area contributed by atoms with Gasteiger partial charge < -0.3 is 9.47 Å². The van der Waals surface area contributed by atoms with Gasteiger partial charge in [0.1, 0.15) is 6.61 Å². The largest absolute Gasteiger partial charge is 0.493 e. The summed E-state index contributed by atoms with van der Waals surface area (Å²) in [7, 11) is 1.59. The molecule has 0 N–H and O–H groups in total. The zero-order valence-corrected chi connectivity index (χ0v) is 15.4. The van der Waals surface area contributed by atoms with Crippen LogP contribution >= 0.6 is 27.7 Å². The zero-order chi connectivity index (χ0) is 17.1. The summed E-state index contributed by atoms with van der Waals surface area (Å²) in [4.78, 5) is 14.2. The second-order valence-corrected chi connectivity index (χ2v) is 7.01. The van der Waals surface area contributed by atoms with E-state index >= 15 is 0 Å². The lowest BCUT2D eigenvalue weighted by atomic mass is 10.1. The molecule has 2 aromatic rings. The molecule has 2 aromatic carbocycles. The Morgan fingerprint density at radius 2 is 2.08 bits per heavy atom. The van der Waals surface area contributed by atoms with E-state index in [1.165, 1.54) is 11.8 Å². The predicted octanol–water partition coefficient (Wildman–Crippen LogP) is 5.35. The maximum Gasteiger partial charge on any atom is 0.200 e. The number of benzene rings is 2. The van der Waals surface area contributed by atoms with Crippen molar-refractivity contribution in [1.29, 1.82) is 0 Å². The molecule has 1 heterocycles. The Morgan fingerprint density at radius 1 is 1.29 bits per heavy atom. The van der Waals surface area contributed by atoms with Gasteiger partial charge in [0, 0.05) is 10.5 Å². The van der Waals surface area contributed by atoms with Crippen molar-refractivity contribution in [2.24, 2.45) is 0 Å². The lowest BCUT2D eigenvalue weighted by Gasteiger charge is -2.12. The number of fused-ring (bicyclic) bond motifs is 1. The van der Waals surface area contributed by atoms with Gasteiger partial charge in [-0.1, -0.05) is 36.5 Å². The van der Waals surface area contributed by atoms with Crippen molar-refractivity contribution in [3.05, 3.63) is 69.6 Å². The van der Waals surface area contributed by atoms with Crippen LogP contribution in [0.4, 0.5) is 0 Å². The zero-order valence-electron chi connectivity index (χ0n) is 13.0. The number of methoxy groups -OCH3 is 1. The SMILES string of the molecule is C=CCOc1c(Br)cc(/C=C2\Sc3ccccc3C2=O)cc1OC. The molecule has 0 atom stereocenters. The highest BCUT2D eigenvalue weighted by Gasteiger charge is 2.25. The highest BCUT2D eigenvalue weighted by atomic mass is 79.9. The first-order chi connectivity index (χ1) is 11.6. The number of thioether (sulfide) groups is 1. The van der Waals surface area contributed by atoms with E-state index in [4.69, 9.17) is 9.47 Å². The molecule has 0 fully saturated rings. The average molecular weight is 403 g/mol. The number of ether oxygens (including phenoxy) is 2. The van der Waals surface area contributed by atoms with E-state index in [1.807, 2.05) is 42.5 Å². The van der Waals surface area contributed by atoms with E-state index in [1.54, 1.807) is 13.2 Å². The van der Waals surface area contributed by atoms with Crippen LogP contribution in [0.1, 0.15) is 15.9 Å². The number of carbonyl (C=O) groups is 1. The summed E-state index contributed by atoms with van der Waals surface area (Å²) in [5.74, 6) is 1.27. The number of allylic oxidation sites excluding steroid dienone is 1. The van der Waals surface area contributed by atoms with Crippen LogP contribution in [0.2, 0.25) is 0 Å². The Labute approximate surface area is 153 Å². The highest BCUT2D eigenvalue weighted by molar-refractivity contribution is 9.10. The monoisotopic (exact) mass is 402 g/mol. The van der Waals surface area contributed by atoms with Crippen LogP contribution in [-0.4, -0.2) is 19.5 Å². The standard InChI is InChI=1S/C19H15BrO3S/c1-3-8-23-19-14(20)9-12(10-15(19)22-2)11-17-18(21)13-6-4-5-7-16(13)24-17/h3-7,9-11H,1,8H2,2H3/b17-11-. The minimum Gasteiger partial charge on any atom is -0.493 e. The Morgan fingerprint density at radius 3 is 2.79 bits per heavy atom. The van der Waals surface area contributed by atoms with Crippen LogP contribution in [0.3, 0.4) is 0 Å². The number of carbonyl (C=O) groups excluding carboxylic acids is 1. The van der Waals surface area contributed by atoms with Crippen molar-refractivity contribution in [1.82, 2.24) is 0 Å². The summed E-state index contributed by atoms with van der Waals surface area (Å²) in [6, 6.07) is 11.4. The summed E-state index contributed by atoms with van der Waals surface area (Å²) in [5, 5.41) is 0. The summed E-state index contributed by atoms with van der Waals surface area (Å²) in [5.41, 5.74) is 1.62. The maximum absolute atomic E-state index is 12.5. The summed E-state index contributed by atoms with van der Waals surface area (Å²) >= 11 is 4.99. The Kier molecular flexibility index (Phi) is 5.11. The van der Waals surface area contributed by atoms with E-state index in [9.17, 15) is 4.79 Å². The van der Waals surface area contributed by atoms with Crippen LogP contribution in [0.15, 0.2) is 63.3 Å². The van der Waals surface area contributed by atoms with Crippen LogP contribution < -0.4 is 9.47 Å². The van der Waals surface area contributed by atoms with Crippen molar-refractivity contribution >= 4 is 39.6 Å². The number of Topliss-reactive ketones (excluding diaryl/α,β-unsaturated/α-hetero) is 1. The molecule has 0 spiro atoms. The van der Waals surface area contributed by atoms with Crippen LogP contribution in [0, 0.1) is 0 Å². The van der Waals surface area contributed by atoms with Crippen LogP contribution in [0.5, 0.6) is 11.5 Å². The molecule has 0 aliphatic carbocycles. The molecular weight excluding hydrogens is 388 g/mol. The van der Waals surface area contributed by atoms with Gasteiger partial charge in [-0.2, -0.15) is 0 Å².